The van der Waals surface area contributed by atoms with Crippen LogP contribution >= 0.6 is 9.24 Å². The van der Waals surface area contributed by atoms with E-state index >= 15 is 0 Å². The lowest BCUT2D eigenvalue weighted by atomic mass is 10.4. The molecule has 1 unspecified atom stereocenters. The molecular formula is C6H10AlP. The molecule has 2 heteroatoms. The molecular weight excluding hydrogens is 130 g/mol. The van der Waals surface area contributed by atoms with Crippen molar-refractivity contribution in [2.45, 2.75) is 0 Å². The predicted octanol–water partition coefficient (Wildman–Crippen LogP) is 0.00310. The standard InChI is InChI=1S/C6H7P.Al.3H/c7-6-4-2-1-3-5-6;;;;/h1-5H,7H2;;;;. The molecule has 0 bridgehead atoms. The van der Waals surface area contributed by atoms with Gasteiger partial charge in [-0.25, -0.2) is 0 Å². The summed E-state index contributed by atoms with van der Waals surface area (Å²) in [6.07, 6.45) is 0. The maximum Gasteiger partial charge on any atom is 0.187 e. The topological polar surface area (TPSA) is 0 Å². The van der Waals surface area contributed by atoms with Crippen LogP contribution in [0.2, 0.25) is 0 Å². The van der Waals surface area contributed by atoms with Gasteiger partial charge in [-0.3, -0.25) is 0 Å². The summed E-state index contributed by atoms with van der Waals surface area (Å²) in [5.41, 5.74) is 0. The third-order valence-corrected chi connectivity index (χ3v) is 1.18. The third kappa shape index (κ3) is 2.48. The Labute approximate surface area is 62.6 Å². The lowest BCUT2D eigenvalue weighted by Gasteiger charge is -1.82. The molecule has 0 fully saturated rings. The van der Waals surface area contributed by atoms with Gasteiger partial charge in [0.15, 0.2) is 17.4 Å². The highest BCUT2D eigenvalue weighted by molar-refractivity contribution is 7.27. The van der Waals surface area contributed by atoms with Crippen molar-refractivity contribution < 1.29 is 0 Å². The largest absolute Gasteiger partial charge is 0.187 e. The molecule has 1 aromatic rings. The Balaban J connectivity index is 0.000000490. The van der Waals surface area contributed by atoms with Gasteiger partial charge in [0.05, 0.1) is 0 Å². The van der Waals surface area contributed by atoms with Crippen molar-refractivity contribution in [3.05, 3.63) is 30.3 Å². The van der Waals surface area contributed by atoms with Gasteiger partial charge in [0.1, 0.15) is 0 Å². The molecule has 8 heavy (non-hydrogen) atoms. The van der Waals surface area contributed by atoms with E-state index in [-0.39, 0.29) is 17.4 Å². The van der Waals surface area contributed by atoms with Crippen LogP contribution in [-0.4, -0.2) is 17.4 Å². The van der Waals surface area contributed by atoms with Gasteiger partial charge in [0.2, 0.25) is 0 Å². The lowest BCUT2D eigenvalue weighted by molar-refractivity contribution is 1.78. The molecule has 0 aliphatic rings. The van der Waals surface area contributed by atoms with Crippen LogP contribution in [-0.2, 0) is 0 Å². The van der Waals surface area contributed by atoms with Crippen LogP contribution in [0.25, 0.3) is 0 Å². The molecule has 0 radical (unpaired) electrons. The van der Waals surface area contributed by atoms with Crippen LogP contribution in [0.5, 0.6) is 0 Å². The molecule has 0 aliphatic heterocycles. The average molecular weight is 140 g/mol. The SMILES string of the molecule is Pc1ccccc1.[AlH3]. The Kier molecular flexibility index (Phi) is 4.19. The van der Waals surface area contributed by atoms with Crippen LogP contribution < -0.4 is 5.30 Å². The average Bonchev–Trinajstić information content (AvgIpc) is 1.69. The first-order valence-corrected chi connectivity index (χ1v) is 2.78. The van der Waals surface area contributed by atoms with Gasteiger partial charge in [-0.15, -0.1) is 9.24 Å². The smallest absolute Gasteiger partial charge is 0.106 e. The zero-order valence-corrected chi connectivity index (χ0v) is 5.12. The highest BCUT2D eigenvalue weighted by Gasteiger charge is 1.72. The number of rotatable bonds is 0. The summed E-state index contributed by atoms with van der Waals surface area (Å²) in [6, 6.07) is 10.1. The fourth-order valence-electron chi connectivity index (χ4n) is 0.453. The fraction of sp³-hybridized carbons (Fsp3) is 0. The molecule has 1 atom stereocenters. The van der Waals surface area contributed by atoms with E-state index in [2.05, 4.69) is 9.24 Å². The van der Waals surface area contributed by atoms with Crippen molar-refractivity contribution in [3.63, 3.8) is 0 Å². The van der Waals surface area contributed by atoms with Gasteiger partial charge in [-0.1, -0.05) is 30.3 Å². The summed E-state index contributed by atoms with van der Waals surface area (Å²) in [5.74, 6) is 0. The van der Waals surface area contributed by atoms with E-state index in [0.717, 1.165) is 0 Å². The molecule has 42 valence electrons. The summed E-state index contributed by atoms with van der Waals surface area (Å²) in [4.78, 5) is 0. The van der Waals surface area contributed by atoms with Crippen LogP contribution in [0.4, 0.5) is 0 Å². The molecule has 0 aliphatic carbocycles. The second kappa shape index (κ2) is 4.10. The number of benzene rings is 1. The lowest BCUT2D eigenvalue weighted by Crippen LogP contribution is -1.82. The summed E-state index contributed by atoms with van der Waals surface area (Å²) in [5, 5.41) is 1.24. The predicted molar refractivity (Wildman–Crippen MR) is 45.7 cm³/mol. The molecule has 0 saturated carbocycles. The van der Waals surface area contributed by atoms with E-state index < -0.39 is 0 Å². The minimum atomic E-state index is 0. The Bertz CT molecular complexity index is 138. The first-order valence-electron chi connectivity index (χ1n) is 2.20. The Hall–Kier alpha value is 0.182. The zero-order chi connectivity index (χ0) is 5.11. The van der Waals surface area contributed by atoms with Crippen molar-refractivity contribution in [1.29, 1.82) is 0 Å². The second-order valence-corrected chi connectivity index (χ2v) is 2.08. The van der Waals surface area contributed by atoms with Gasteiger partial charge in [-0.2, -0.15) is 0 Å². The molecule has 0 nitrogen and oxygen atoms in total. The van der Waals surface area contributed by atoms with Crippen molar-refractivity contribution >= 4 is 31.9 Å². The van der Waals surface area contributed by atoms with Crippen molar-refractivity contribution in [3.8, 4) is 0 Å². The molecule has 0 aromatic heterocycles. The van der Waals surface area contributed by atoms with E-state index in [1.165, 1.54) is 5.30 Å². The summed E-state index contributed by atoms with van der Waals surface area (Å²) in [6.45, 7) is 0. The van der Waals surface area contributed by atoms with E-state index in [1.54, 1.807) is 0 Å². The Morgan fingerprint density at radius 1 is 1.00 bits per heavy atom. The first-order chi connectivity index (χ1) is 3.39. The molecule has 0 spiro atoms. The molecule has 1 rings (SSSR count). The van der Waals surface area contributed by atoms with Gasteiger partial charge in [0, 0.05) is 0 Å². The second-order valence-electron chi connectivity index (χ2n) is 1.41. The Morgan fingerprint density at radius 2 is 1.50 bits per heavy atom. The summed E-state index contributed by atoms with van der Waals surface area (Å²) < 4.78 is 0. The van der Waals surface area contributed by atoms with Crippen molar-refractivity contribution in [1.82, 2.24) is 0 Å². The minimum Gasteiger partial charge on any atom is -0.106 e. The maximum atomic E-state index is 2.63. The molecule has 1 aromatic carbocycles. The van der Waals surface area contributed by atoms with Gasteiger partial charge >= 0.3 is 0 Å². The normalized spacial score (nSPS) is 7.62. The minimum absolute atomic E-state index is 0. The first kappa shape index (κ1) is 8.18. The van der Waals surface area contributed by atoms with Gasteiger partial charge < -0.3 is 0 Å². The van der Waals surface area contributed by atoms with Crippen molar-refractivity contribution in [2.75, 3.05) is 0 Å². The van der Waals surface area contributed by atoms with E-state index in [4.69, 9.17) is 0 Å². The Morgan fingerprint density at radius 3 is 1.75 bits per heavy atom. The summed E-state index contributed by atoms with van der Waals surface area (Å²) >= 11 is 0. The monoisotopic (exact) mass is 140 g/mol. The molecule has 0 amide bonds. The molecule has 0 saturated heterocycles. The highest BCUT2D eigenvalue weighted by atomic mass is 31.0. The summed E-state index contributed by atoms with van der Waals surface area (Å²) in [7, 11) is 2.63. The van der Waals surface area contributed by atoms with E-state index in [1.807, 2.05) is 30.3 Å². The van der Waals surface area contributed by atoms with Crippen LogP contribution in [0.15, 0.2) is 30.3 Å². The highest BCUT2D eigenvalue weighted by Crippen LogP contribution is 1.86. The fourth-order valence-corrected chi connectivity index (χ4v) is 0.675. The number of hydrogen-bond donors (Lipinski definition) is 0. The van der Waals surface area contributed by atoms with Crippen molar-refractivity contribution in [2.24, 2.45) is 0 Å². The third-order valence-electron chi connectivity index (χ3n) is 0.800. The quantitative estimate of drug-likeness (QED) is 0.351. The van der Waals surface area contributed by atoms with Crippen LogP contribution in [0.1, 0.15) is 0 Å². The zero-order valence-electron chi connectivity index (χ0n) is 3.96. The molecule has 0 N–H and O–H groups in total. The molecule has 0 heterocycles. The van der Waals surface area contributed by atoms with Gasteiger partial charge in [-0.05, 0) is 5.30 Å². The van der Waals surface area contributed by atoms with E-state index in [0.29, 0.717) is 0 Å². The van der Waals surface area contributed by atoms with Crippen LogP contribution in [0.3, 0.4) is 0 Å². The maximum absolute atomic E-state index is 2.63. The van der Waals surface area contributed by atoms with E-state index in [9.17, 15) is 0 Å². The van der Waals surface area contributed by atoms with Crippen LogP contribution in [0, 0.1) is 0 Å². The number of hydrogen-bond acceptors (Lipinski definition) is 0. The van der Waals surface area contributed by atoms with Gasteiger partial charge in [0.25, 0.3) is 0 Å².